The molecule has 6 heteroatoms. The molecular weight excluding hydrogens is 296 g/mol. The van der Waals surface area contributed by atoms with E-state index in [1.165, 1.54) is 0 Å². The predicted octanol–water partition coefficient (Wildman–Crippen LogP) is 1.43. The van der Waals surface area contributed by atoms with E-state index in [9.17, 15) is 4.79 Å². The highest BCUT2D eigenvalue weighted by Crippen LogP contribution is 2.37. The van der Waals surface area contributed by atoms with E-state index in [-0.39, 0.29) is 12.0 Å². The van der Waals surface area contributed by atoms with Crippen molar-refractivity contribution in [1.29, 1.82) is 0 Å². The Morgan fingerprint density at radius 1 is 1.39 bits per heavy atom. The van der Waals surface area contributed by atoms with Gasteiger partial charge in [-0.25, -0.2) is 0 Å². The summed E-state index contributed by atoms with van der Waals surface area (Å²) in [5.41, 5.74) is 1.80. The van der Waals surface area contributed by atoms with Crippen LogP contribution in [0.15, 0.2) is 12.1 Å². The number of ether oxygens (including phenoxy) is 3. The fourth-order valence-corrected chi connectivity index (χ4v) is 3.18. The van der Waals surface area contributed by atoms with E-state index in [1.807, 2.05) is 19.1 Å². The molecule has 2 aliphatic heterocycles. The maximum absolute atomic E-state index is 12.5. The molecule has 0 radical (unpaired) electrons. The number of likely N-dealkylation sites (N-methyl/N-ethyl adjacent to an activating group) is 1. The van der Waals surface area contributed by atoms with E-state index in [4.69, 9.17) is 14.2 Å². The van der Waals surface area contributed by atoms with Gasteiger partial charge >= 0.3 is 0 Å². The molecule has 0 aliphatic carbocycles. The fraction of sp³-hybridized carbons (Fsp3) is 0.588. The average molecular weight is 321 g/mol. The maximum atomic E-state index is 12.5. The SMILES string of the molecule is COc1cc2c(cc1NC(=O)C[N+]1(C)CCOCC1)OC(C)C2. The van der Waals surface area contributed by atoms with E-state index >= 15 is 0 Å². The van der Waals surface area contributed by atoms with E-state index in [2.05, 4.69) is 12.4 Å². The summed E-state index contributed by atoms with van der Waals surface area (Å²) in [6.07, 6.45) is 1.04. The third kappa shape index (κ3) is 3.59. The van der Waals surface area contributed by atoms with Gasteiger partial charge in [0.2, 0.25) is 0 Å². The van der Waals surface area contributed by atoms with Gasteiger partial charge in [0, 0.05) is 18.1 Å². The summed E-state index contributed by atoms with van der Waals surface area (Å²) in [5, 5.41) is 2.98. The fourth-order valence-electron chi connectivity index (χ4n) is 3.18. The molecule has 1 unspecified atom stereocenters. The number of fused-ring (bicyclic) bond motifs is 1. The molecule has 6 nitrogen and oxygen atoms in total. The molecule has 1 aromatic rings. The number of benzene rings is 1. The summed E-state index contributed by atoms with van der Waals surface area (Å²) < 4.78 is 17.3. The largest absolute Gasteiger partial charge is 0.495 e. The molecule has 1 N–H and O–H groups in total. The molecule has 1 amide bonds. The van der Waals surface area contributed by atoms with Crippen LogP contribution >= 0.6 is 0 Å². The van der Waals surface area contributed by atoms with Crippen LogP contribution in [0.3, 0.4) is 0 Å². The highest BCUT2D eigenvalue weighted by atomic mass is 16.5. The lowest BCUT2D eigenvalue weighted by Crippen LogP contribution is -2.55. The third-order valence-electron chi connectivity index (χ3n) is 4.57. The summed E-state index contributed by atoms with van der Waals surface area (Å²) in [6.45, 7) is 5.59. The molecule has 0 saturated carbocycles. The third-order valence-corrected chi connectivity index (χ3v) is 4.57. The van der Waals surface area contributed by atoms with Gasteiger partial charge in [-0.05, 0) is 13.0 Å². The highest BCUT2D eigenvalue weighted by Gasteiger charge is 2.29. The number of carbonyl (C=O) groups excluding carboxylic acids is 1. The van der Waals surface area contributed by atoms with Crippen LogP contribution in [0.5, 0.6) is 11.5 Å². The Morgan fingerprint density at radius 3 is 2.83 bits per heavy atom. The molecule has 2 aliphatic rings. The van der Waals surface area contributed by atoms with Crippen LogP contribution in [0, 0.1) is 0 Å². The predicted molar refractivity (Wildman–Crippen MR) is 87.0 cm³/mol. The second kappa shape index (κ2) is 6.37. The van der Waals surface area contributed by atoms with Crippen molar-refractivity contribution in [1.82, 2.24) is 0 Å². The van der Waals surface area contributed by atoms with Crippen LogP contribution in [0.4, 0.5) is 5.69 Å². The Morgan fingerprint density at radius 2 is 2.13 bits per heavy atom. The van der Waals surface area contributed by atoms with Gasteiger partial charge in [-0.2, -0.15) is 0 Å². The Balaban J connectivity index is 1.72. The molecule has 0 aromatic heterocycles. The summed E-state index contributed by atoms with van der Waals surface area (Å²) in [6, 6.07) is 3.83. The van der Waals surface area contributed by atoms with Crippen molar-refractivity contribution in [3.63, 3.8) is 0 Å². The number of carbonyl (C=O) groups is 1. The minimum Gasteiger partial charge on any atom is -0.495 e. The van der Waals surface area contributed by atoms with Gasteiger partial charge in [0.05, 0.1) is 33.1 Å². The van der Waals surface area contributed by atoms with Crippen LogP contribution in [-0.4, -0.2) is 63.5 Å². The highest BCUT2D eigenvalue weighted by molar-refractivity contribution is 5.93. The van der Waals surface area contributed by atoms with E-state index in [0.717, 1.165) is 30.8 Å². The molecule has 2 heterocycles. The number of methoxy groups -OCH3 is 1. The zero-order chi connectivity index (χ0) is 16.4. The van der Waals surface area contributed by atoms with Gasteiger partial charge in [-0.1, -0.05) is 0 Å². The van der Waals surface area contributed by atoms with E-state index in [0.29, 0.717) is 35.7 Å². The normalized spacial score (nSPS) is 22.1. The molecule has 1 aromatic carbocycles. The molecule has 0 spiro atoms. The van der Waals surface area contributed by atoms with Crippen molar-refractivity contribution in [2.24, 2.45) is 0 Å². The topological polar surface area (TPSA) is 56.8 Å². The quantitative estimate of drug-likeness (QED) is 0.853. The summed E-state index contributed by atoms with van der Waals surface area (Å²) in [5.74, 6) is 1.50. The molecule has 1 atom stereocenters. The van der Waals surface area contributed by atoms with Crippen LogP contribution in [0.1, 0.15) is 12.5 Å². The number of hydrogen-bond donors (Lipinski definition) is 1. The zero-order valence-corrected chi connectivity index (χ0v) is 14.1. The monoisotopic (exact) mass is 321 g/mol. The molecule has 23 heavy (non-hydrogen) atoms. The Labute approximate surface area is 136 Å². The van der Waals surface area contributed by atoms with Crippen molar-refractivity contribution in [2.75, 3.05) is 52.3 Å². The lowest BCUT2D eigenvalue weighted by Gasteiger charge is -2.36. The van der Waals surface area contributed by atoms with E-state index in [1.54, 1.807) is 7.11 Å². The van der Waals surface area contributed by atoms with Gasteiger partial charge in [0.15, 0.2) is 6.54 Å². The molecule has 0 bridgehead atoms. The van der Waals surface area contributed by atoms with Gasteiger partial charge in [-0.3, -0.25) is 4.79 Å². The van der Waals surface area contributed by atoms with E-state index < -0.39 is 0 Å². The molecule has 1 saturated heterocycles. The van der Waals surface area contributed by atoms with Crippen molar-refractivity contribution in [2.45, 2.75) is 19.4 Å². The van der Waals surface area contributed by atoms with Gasteiger partial charge < -0.3 is 24.0 Å². The zero-order valence-electron chi connectivity index (χ0n) is 14.1. The molecular formula is C17H25N2O4+. The first kappa shape index (κ1) is 16.1. The number of hydrogen-bond acceptors (Lipinski definition) is 4. The standard InChI is InChI=1S/C17H24N2O4/c1-12-8-13-9-16(21-3)14(10-15(13)23-12)18-17(20)11-19(2)4-6-22-7-5-19/h9-10,12H,4-8,11H2,1-3H3/p+1. The Hall–Kier alpha value is -1.79. The molecule has 1 fully saturated rings. The molecule has 126 valence electrons. The average Bonchev–Trinajstić information content (AvgIpc) is 2.85. The lowest BCUT2D eigenvalue weighted by atomic mass is 10.1. The van der Waals surface area contributed by atoms with Crippen LogP contribution in [0.25, 0.3) is 0 Å². The first-order chi connectivity index (χ1) is 11.0. The second-order valence-corrected chi connectivity index (χ2v) is 6.68. The second-order valence-electron chi connectivity index (χ2n) is 6.68. The minimum atomic E-state index is -0.0151. The van der Waals surface area contributed by atoms with Crippen LogP contribution in [-0.2, 0) is 16.0 Å². The summed E-state index contributed by atoms with van der Waals surface area (Å²) in [7, 11) is 3.71. The summed E-state index contributed by atoms with van der Waals surface area (Å²) >= 11 is 0. The van der Waals surface area contributed by atoms with Gasteiger partial charge in [-0.15, -0.1) is 0 Å². The number of nitrogens with one attached hydrogen (secondary N) is 1. The number of morpholine rings is 1. The smallest absolute Gasteiger partial charge is 0.279 e. The van der Waals surface area contributed by atoms with Gasteiger partial charge in [0.25, 0.3) is 5.91 Å². The van der Waals surface area contributed by atoms with Crippen LogP contribution in [0.2, 0.25) is 0 Å². The van der Waals surface area contributed by atoms with Crippen molar-refractivity contribution < 1.29 is 23.5 Å². The maximum Gasteiger partial charge on any atom is 0.279 e. The number of rotatable bonds is 4. The first-order valence-electron chi connectivity index (χ1n) is 8.08. The van der Waals surface area contributed by atoms with Crippen molar-refractivity contribution >= 4 is 11.6 Å². The lowest BCUT2D eigenvalue weighted by molar-refractivity contribution is -0.909. The Kier molecular flexibility index (Phi) is 4.46. The Bertz CT molecular complexity index is 597. The summed E-state index contributed by atoms with van der Waals surface area (Å²) in [4.78, 5) is 12.5. The number of nitrogens with zero attached hydrogens (tertiary/aromatic N) is 1. The number of quaternary nitrogens is 1. The first-order valence-corrected chi connectivity index (χ1v) is 8.08. The number of amides is 1. The number of anilines is 1. The minimum absolute atomic E-state index is 0.0151. The van der Waals surface area contributed by atoms with Gasteiger partial charge in [0.1, 0.15) is 30.7 Å². The van der Waals surface area contributed by atoms with Crippen molar-refractivity contribution in [3.05, 3.63) is 17.7 Å². The van der Waals surface area contributed by atoms with Crippen LogP contribution < -0.4 is 14.8 Å². The molecule has 3 rings (SSSR count). The van der Waals surface area contributed by atoms with Crippen molar-refractivity contribution in [3.8, 4) is 11.5 Å².